The Kier molecular flexibility index (Phi) is 3.98. The second kappa shape index (κ2) is 5.70. The highest BCUT2D eigenvalue weighted by atomic mass is 16.5. The Hall–Kier alpha value is -2.76. The lowest BCUT2D eigenvalue weighted by Gasteiger charge is -2.00. The van der Waals surface area contributed by atoms with Gasteiger partial charge in [-0.05, 0) is 35.4 Å². The molecule has 0 heterocycles. The number of hydrogen-bond donors (Lipinski definition) is 1. The van der Waals surface area contributed by atoms with Gasteiger partial charge in [-0.25, -0.2) is 9.59 Å². The highest BCUT2D eigenvalue weighted by Crippen LogP contribution is 2.40. The molecule has 0 aliphatic heterocycles. The van der Waals surface area contributed by atoms with Crippen LogP contribution in [-0.2, 0) is 9.47 Å². The average molecular weight is 289 g/mol. The first-order valence-electron chi connectivity index (χ1n) is 6.11. The van der Waals surface area contributed by atoms with Crippen molar-refractivity contribution in [3.05, 3.63) is 35.4 Å². The molecule has 0 unspecified atom stereocenters. The van der Waals surface area contributed by atoms with Gasteiger partial charge in [0.05, 0.1) is 38.1 Å². The molecule has 2 N–H and O–H groups in total. The SMILES string of the molecule is COC(=O)c1c2ccc(OC)ccc-2c(C(=O)OC)c1N. The number of methoxy groups -OCH3 is 3. The molecular weight excluding hydrogens is 274 g/mol. The maximum atomic E-state index is 11.9. The summed E-state index contributed by atoms with van der Waals surface area (Å²) in [6.07, 6.45) is 0. The normalized spacial score (nSPS) is 10.2. The predicted molar refractivity (Wildman–Crippen MR) is 76.7 cm³/mol. The van der Waals surface area contributed by atoms with Gasteiger partial charge in [-0.1, -0.05) is 0 Å². The van der Waals surface area contributed by atoms with E-state index in [-0.39, 0.29) is 16.8 Å². The molecule has 0 bridgehead atoms. The first-order chi connectivity index (χ1) is 10.0. The number of fused-ring (bicyclic) bond motifs is 1. The summed E-state index contributed by atoms with van der Waals surface area (Å²) in [6.45, 7) is 0. The lowest BCUT2D eigenvalue weighted by atomic mass is 10.1. The molecule has 0 spiro atoms. The van der Waals surface area contributed by atoms with Crippen LogP contribution >= 0.6 is 0 Å². The molecule has 21 heavy (non-hydrogen) atoms. The average Bonchev–Trinajstić information content (AvgIpc) is 2.64. The van der Waals surface area contributed by atoms with Gasteiger partial charge < -0.3 is 19.9 Å². The van der Waals surface area contributed by atoms with Crippen LogP contribution < -0.4 is 10.5 Å². The van der Waals surface area contributed by atoms with Gasteiger partial charge in [0.1, 0.15) is 5.75 Å². The van der Waals surface area contributed by atoms with Gasteiger partial charge in [-0.2, -0.15) is 0 Å². The standard InChI is InChI=1S/C15H15NO5/c1-19-8-4-6-9-10(7-5-8)12(15(18)21-3)13(16)11(9)14(17)20-2/h4-7H,16H2,1-3H3. The van der Waals surface area contributed by atoms with Crippen molar-refractivity contribution >= 4 is 17.6 Å². The van der Waals surface area contributed by atoms with Crippen molar-refractivity contribution in [3.8, 4) is 16.9 Å². The summed E-state index contributed by atoms with van der Waals surface area (Å²) in [6, 6.07) is 6.66. The Balaban J connectivity index is 2.82. The van der Waals surface area contributed by atoms with Gasteiger partial charge in [0.2, 0.25) is 0 Å². The zero-order valence-electron chi connectivity index (χ0n) is 11.9. The molecule has 0 saturated heterocycles. The number of rotatable bonds is 3. The third-order valence-corrected chi connectivity index (χ3v) is 3.21. The van der Waals surface area contributed by atoms with Crippen LogP contribution in [0.5, 0.6) is 5.75 Å². The summed E-state index contributed by atoms with van der Waals surface area (Å²) in [7, 11) is 4.03. The molecular formula is C15H15NO5. The smallest absolute Gasteiger partial charge is 0.340 e. The van der Waals surface area contributed by atoms with Gasteiger partial charge in [0, 0.05) is 0 Å². The molecule has 0 amide bonds. The Morgan fingerprint density at radius 2 is 1.29 bits per heavy atom. The van der Waals surface area contributed by atoms with E-state index < -0.39 is 11.9 Å². The number of nitrogen functional groups attached to an aromatic ring is 1. The fourth-order valence-electron chi connectivity index (χ4n) is 2.20. The van der Waals surface area contributed by atoms with Crippen LogP contribution in [0.1, 0.15) is 20.7 Å². The van der Waals surface area contributed by atoms with Gasteiger partial charge in [0.25, 0.3) is 0 Å². The molecule has 2 rings (SSSR count). The quantitative estimate of drug-likeness (QED) is 0.869. The number of esters is 2. The molecule has 6 heteroatoms. The van der Waals surface area contributed by atoms with Crippen molar-refractivity contribution in [2.24, 2.45) is 0 Å². The van der Waals surface area contributed by atoms with Crippen molar-refractivity contribution in [3.63, 3.8) is 0 Å². The van der Waals surface area contributed by atoms with Gasteiger partial charge in [-0.15, -0.1) is 0 Å². The Morgan fingerprint density at radius 1 is 0.857 bits per heavy atom. The Morgan fingerprint density at radius 3 is 1.62 bits per heavy atom. The van der Waals surface area contributed by atoms with Crippen LogP contribution in [0.25, 0.3) is 11.1 Å². The molecule has 110 valence electrons. The van der Waals surface area contributed by atoms with E-state index in [2.05, 4.69) is 0 Å². The van der Waals surface area contributed by atoms with E-state index in [9.17, 15) is 9.59 Å². The molecule has 0 atom stereocenters. The Bertz CT molecular complexity index is 627. The van der Waals surface area contributed by atoms with Crippen LogP contribution in [-0.4, -0.2) is 33.3 Å². The number of carbonyl (C=O) groups excluding carboxylic acids is 2. The van der Waals surface area contributed by atoms with Gasteiger partial charge >= 0.3 is 11.9 Å². The van der Waals surface area contributed by atoms with E-state index in [4.69, 9.17) is 19.9 Å². The molecule has 0 aromatic heterocycles. The summed E-state index contributed by atoms with van der Waals surface area (Å²) in [5.74, 6) is -0.646. The maximum Gasteiger partial charge on any atom is 0.340 e. The molecule has 0 aromatic rings. The number of carbonyl (C=O) groups is 2. The van der Waals surface area contributed by atoms with E-state index >= 15 is 0 Å². The summed E-state index contributed by atoms with van der Waals surface area (Å²) >= 11 is 0. The second-order valence-corrected chi connectivity index (χ2v) is 4.25. The zero-order chi connectivity index (χ0) is 15.6. The van der Waals surface area contributed by atoms with Crippen LogP contribution in [0, 0.1) is 0 Å². The van der Waals surface area contributed by atoms with E-state index in [1.165, 1.54) is 21.3 Å². The lowest BCUT2D eigenvalue weighted by molar-refractivity contribution is 0.0600. The minimum absolute atomic E-state index is 0.0499. The number of anilines is 1. The fourth-order valence-corrected chi connectivity index (χ4v) is 2.20. The third kappa shape index (κ3) is 2.35. The predicted octanol–water partition coefficient (Wildman–Crippen LogP) is 1.96. The Labute approximate surface area is 121 Å². The number of nitrogens with two attached hydrogens (primary N) is 1. The van der Waals surface area contributed by atoms with Crippen molar-refractivity contribution in [1.82, 2.24) is 0 Å². The van der Waals surface area contributed by atoms with Crippen molar-refractivity contribution < 1.29 is 23.8 Å². The van der Waals surface area contributed by atoms with E-state index in [0.717, 1.165) is 0 Å². The summed E-state index contributed by atoms with van der Waals surface area (Å²) in [5.41, 5.74) is 7.29. The van der Waals surface area contributed by atoms with Crippen molar-refractivity contribution in [1.29, 1.82) is 0 Å². The summed E-state index contributed by atoms with van der Waals surface area (Å²) in [4.78, 5) is 23.9. The fraction of sp³-hybridized carbons (Fsp3) is 0.200. The van der Waals surface area contributed by atoms with E-state index in [1.54, 1.807) is 24.3 Å². The first kappa shape index (κ1) is 14.6. The number of hydrogen-bond acceptors (Lipinski definition) is 6. The van der Waals surface area contributed by atoms with Crippen molar-refractivity contribution in [2.75, 3.05) is 27.1 Å². The minimum atomic E-state index is -0.613. The van der Waals surface area contributed by atoms with Crippen LogP contribution in [0.15, 0.2) is 24.3 Å². The first-order valence-corrected chi connectivity index (χ1v) is 6.11. The molecule has 2 aliphatic carbocycles. The monoisotopic (exact) mass is 289 g/mol. The number of ether oxygens (including phenoxy) is 3. The molecule has 2 aliphatic rings. The summed E-state index contributed by atoms with van der Waals surface area (Å²) in [5, 5.41) is 0. The van der Waals surface area contributed by atoms with Crippen LogP contribution in [0.3, 0.4) is 0 Å². The maximum absolute atomic E-state index is 11.9. The third-order valence-electron chi connectivity index (χ3n) is 3.21. The van der Waals surface area contributed by atoms with Crippen molar-refractivity contribution in [2.45, 2.75) is 0 Å². The van der Waals surface area contributed by atoms with Gasteiger partial charge in [-0.3, -0.25) is 0 Å². The highest BCUT2D eigenvalue weighted by Gasteiger charge is 2.30. The molecule has 0 radical (unpaired) electrons. The van der Waals surface area contributed by atoms with Crippen LogP contribution in [0.2, 0.25) is 0 Å². The summed E-state index contributed by atoms with van der Waals surface area (Å²) < 4.78 is 14.6. The minimum Gasteiger partial charge on any atom is -0.497 e. The largest absolute Gasteiger partial charge is 0.497 e. The van der Waals surface area contributed by atoms with Crippen LogP contribution in [0.4, 0.5) is 5.69 Å². The lowest BCUT2D eigenvalue weighted by Crippen LogP contribution is -2.07. The van der Waals surface area contributed by atoms with Gasteiger partial charge in [0.15, 0.2) is 0 Å². The molecule has 0 fully saturated rings. The highest BCUT2D eigenvalue weighted by molar-refractivity contribution is 6.15. The molecule has 0 aromatic carbocycles. The van der Waals surface area contributed by atoms with E-state index in [0.29, 0.717) is 16.9 Å². The second-order valence-electron chi connectivity index (χ2n) is 4.25. The molecule has 0 saturated carbocycles. The zero-order valence-corrected chi connectivity index (χ0v) is 11.9. The van der Waals surface area contributed by atoms with E-state index in [1.807, 2.05) is 0 Å². The molecule has 6 nitrogen and oxygen atoms in total. The topological polar surface area (TPSA) is 87.8 Å².